The van der Waals surface area contributed by atoms with Crippen LogP contribution in [0.1, 0.15) is 58.3 Å². The maximum Gasteiger partial charge on any atom is 0.328 e. The first-order valence-corrected chi connectivity index (χ1v) is 8.65. The molecule has 0 unspecified atom stereocenters. The maximum atomic E-state index is 12.7. The van der Waals surface area contributed by atoms with Gasteiger partial charge in [-0.1, -0.05) is 26.2 Å². The number of esters is 1. The van der Waals surface area contributed by atoms with Crippen LogP contribution in [0.2, 0.25) is 0 Å². The summed E-state index contributed by atoms with van der Waals surface area (Å²) >= 11 is 0. The highest BCUT2D eigenvalue weighted by Gasteiger charge is 2.37. The Labute approximate surface area is 133 Å². The first kappa shape index (κ1) is 17.3. The normalized spacial score (nSPS) is 23.5. The van der Waals surface area contributed by atoms with Gasteiger partial charge in [-0.3, -0.25) is 4.79 Å². The molecular weight excluding hydrogens is 280 g/mol. The molecule has 2 aliphatic rings. The minimum atomic E-state index is -0.501. The molecule has 2 N–H and O–H groups in total. The van der Waals surface area contributed by atoms with Gasteiger partial charge in [0, 0.05) is 5.41 Å². The monoisotopic (exact) mass is 310 g/mol. The van der Waals surface area contributed by atoms with Crippen molar-refractivity contribution < 1.29 is 14.3 Å². The molecule has 1 atom stereocenters. The van der Waals surface area contributed by atoms with Crippen LogP contribution in [0.3, 0.4) is 0 Å². The van der Waals surface area contributed by atoms with E-state index in [1.807, 2.05) is 6.92 Å². The van der Waals surface area contributed by atoms with Crippen molar-refractivity contribution in [2.24, 2.45) is 11.3 Å². The number of carbonyl (C=O) groups excluding carboxylic acids is 2. The van der Waals surface area contributed by atoms with Gasteiger partial charge in [-0.05, 0) is 51.1 Å². The fraction of sp³-hybridized carbons (Fsp3) is 0.882. The van der Waals surface area contributed by atoms with Crippen molar-refractivity contribution in [1.29, 1.82) is 0 Å². The average molecular weight is 310 g/mol. The number of carbonyl (C=O) groups is 2. The lowest BCUT2D eigenvalue weighted by molar-refractivity contribution is -0.147. The molecule has 5 nitrogen and oxygen atoms in total. The Balaban J connectivity index is 1.96. The third-order valence-corrected chi connectivity index (χ3v) is 5.32. The molecule has 1 aliphatic heterocycles. The van der Waals surface area contributed by atoms with E-state index in [0.717, 1.165) is 51.6 Å². The van der Waals surface area contributed by atoms with Crippen LogP contribution in [0, 0.1) is 11.3 Å². The third-order valence-electron chi connectivity index (χ3n) is 5.32. The molecule has 22 heavy (non-hydrogen) atoms. The highest BCUT2D eigenvalue weighted by Crippen LogP contribution is 2.36. The second-order valence-electron chi connectivity index (χ2n) is 7.10. The number of piperidine rings is 1. The Hall–Kier alpha value is -1.10. The summed E-state index contributed by atoms with van der Waals surface area (Å²) in [6, 6.07) is -0.501. The van der Waals surface area contributed by atoms with Gasteiger partial charge in [-0.25, -0.2) is 4.79 Å². The van der Waals surface area contributed by atoms with Gasteiger partial charge < -0.3 is 15.4 Å². The van der Waals surface area contributed by atoms with Crippen molar-refractivity contribution in [3.8, 4) is 0 Å². The molecular formula is C17H30N2O3. The number of ether oxygens (including phenoxy) is 1. The zero-order valence-corrected chi connectivity index (χ0v) is 14.0. The molecule has 1 aliphatic carbocycles. The molecule has 5 heteroatoms. The standard InChI is InChI=1S/C17H30N2O3/c1-17(8-4-3-5-9-17)16(21)19-14(15(20)22-2)12-13-6-10-18-11-7-13/h13-14,18H,3-12H2,1-2H3,(H,19,21)/t14-/m0/s1. The molecule has 126 valence electrons. The quantitative estimate of drug-likeness (QED) is 0.762. The lowest BCUT2D eigenvalue weighted by Gasteiger charge is -2.34. The zero-order chi connectivity index (χ0) is 16.0. The predicted molar refractivity (Wildman–Crippen MR) is 85.3 cm³/mol. The summed E-state index contributed by atoms with van der Waals surface area (Å²) in [5.41, 5.74) is -0.321. The summed E-state index contributed by atoms with van der Waals surface area (Å²) in [6.45, 7) is 4.01. The summed E-state index contributed by atoms with van der Waals surface area (Å²) in [5.74, 6) is 0.188. The number of hydrogen-bond donors (Lipinski definition) is 2. The van der Waals surface area contributed by atoms with Crippen LogP contribution in [0.5, 0.6) is 0 Å². The van der Waals surface area contributed by atoms with Crippen LogP contribution in [-0.2, 0) is 14.3 Å². The van der Waals surface area contributed by atoms with Crippen LogP contribution in [0.4, 0.5) is 0 Å². The SMILES string of the molecule is COC(=O)[C@H](CC1CCNCC1)NC(=O)C1(C)CCCCC1. The molecule has 1 amide bonds. The first-order valence-electron chi connectivity index (χ1n) is 8.65. The van der Waals surface area contributed by atoms with Gasteiger partial charge in [-0.15, -0.1) is 0 Å². The van der Waals surface area contributed by atoms with Gasteiger partial charge in [0.15, 0.2) is 0 Å². The van der Waals surface area contributed by atoms with Crippen molar-refractivity contribution in [3.05, 3.63) is 0 Å². The summed E-state index contributed by atoms with van der Waals surface area (Å²) in [5, 5.41) is 6.32. The molecule has 2 rings (SSSR count). The van der Waals surface area contributed by atoms with Crippen molar-refractivity contribution >= 4 is 11.9 Å². The number of rotatable bonds is 5. The van der Waals surface area contributed by atoms with Crippen LogP contribution in [-0.4, -0.2) is 38.1 Å². The highest BCUT2D eigenvalue weighted by molar-refractivity contribution is 5.87. The predicted octanol–water partition coefficient (Wildman–Crippen LogP) is 2.00. The number of amides is 1. The van der Waals surface area contributed by atoms with Gasteiger partial charge in [0.05, 0.1) is 7.11 Å². The molecule has 0 bridgehead atoms. The van der Waals surface area contributed by atoms with Gasteiger partial charge in [0.1, 0.15) is 6.04 Å². The average Bonchev–Trinajstić information content (AvgIpc) is 2.55. The largest absolute Gasteiger partial charge is 0.467 e. The molecule has 1 saturated carbocycles. The van der Waals surface area contributed by atoms with E-state index < -0.39 is 6.04 Å². The second kappa shape index (κ2) is 7.95. The fourth-order valence-corrected chi connectivity index (χ4v) is 3.70. The van der Waals surface area contributed by atoms with E-state index in [1.165, 1.54) is 13.5 Å². The number of hydrogen-bond acceptors (Lipinski definition) is 4. The lowest BCUT2D eigenvalue weighted by atomic mass is 9.75. The molecule has 0 radical (unpaired) electrons. The van der Waals surface area contributed by atoms with Crippen molar-refractivity contribution in [2.75, 3.05) is 20.2 Å². The Kier molecular flexibility index (Phi) is 6.24. The van der Waals surface area contributed by atoms with Crippen LogP contribution in [0.15, 0.2) is 0 Å². The Morgan fingerprint density at radius 2 is 1.86 bits per heavy atom. The van der Waals surface area contributed by atoms with Gasteiger partial charge in [0.2, 0.25) is 5.91 Å². The minimum Gasteiger partial charge on any atom is -0.467 e. The number of methoxy groups -OCH3 is 1. The molecule has 1 saturated heterocycles. The summed E-state index contributed by atoms with van der Waals surface area (Å²) in [4.78, 5) is 24.7. The summed E-state index contributed by atoms with van der Waals surface area (Å²) in [6.07, 6.45) is 8.04. The van der Waals surface area contributed by atoms with Gasteiger partial charge in [-0.2, -0.15) is 0 Å². The van der Waals surface area contributed by atoms with E-state index in [1.54, 1.807) is 0 Å². The molecule has 0 aromatic carbocycles. The van der Waals surface area contributed by atoms with E-state index in [-0.39, 0.29) is 17.3 Å². The molecule has 0 spiro atoms. The van der Waals surface area contributed by atoms with Crippen LogP contribution < -0.4 is 10.6 Å². The summed E-state index contributed by atoms with van der Waals surface area (Å²) < 4.78 is 4.91. The fourth-order valence-electron chi connectivity index (χ4n) is 3.70. The first-order chi connectivity index (χ1) is 10.5. The Bertz CT molecular complexity index is 385. The summed E-state index contributed by atoms with van der Waals surface area (Å²) in [7, 11) is 1.40. The van der Waals surface area contributed by atoms with E-state index in [4.69, 9.17) is 4.74 Å². The minimum absolute atomic E-state index is 0.0246. The molecule has 0 aromatic heterocycles. The Morgan fingerprint density at radius 3 is 2.45 bits per heavy atom. The van der Waals surface area contributed by atoms with E-state index in [0.29, 0.717) is 12.3 Å². The van der Waals surface area contributed by atoms with E-state index in [2.05, 4.69) is 10.6 Å². The van der Waals surface area contributed by atoms with Crippen molar-refractivity contribution in [2.45, 2.75) is 64.3 Å². The van der Waals surface area contributed by atoms with Crippen molar-refractivity contribution in [3.63, 3.8) is 0 Å². The number of nitrogens with one attached hydrogen (secondary N) is 2. The topological polar surface area (TPSA) is 67.4 Å². The molecule has 0 aromatic rings. The van der Waals surface area contributed by atoms with Gasteiger partial charge in [0.25, 0.3) is 0 Å². The highest BCUT2D eigenvalue weighted by atomic mass is 16.5. The zero-order valence-electron chi connectivity index (χ0n) is 14.0. The van der Waals surface area contributed by atoms with Gasteiger partial charge >= 0.3 is 5.97 Å². The third kappa shape index (κ3) is 4.45. The van der Waals surface area contributed by atoms with Crippen LogP contribution in [0.25, 0.3) is 0 Å². The molecule has 1 heterocycles. The van der Waals surface area contributed by atoms with E-state index >= 15 is 0 Å². The smallest absolute Gasteiger partial charge is 0.328 e. The van der Waals surface area contributed by atoms with Crippen molar-refractivity contribution in [1.82, 2.24) is 10.6 Å². The maximum absolute atomic E-state index is 12.7. The van der Waals surface area contributed by atoms with Crippen LogP contribution >= 0.6 is 0 Å². The molecule has 2 fully saturated rings. The lowest BCUT2D eigenvalue weighted by Crippen LogP contribution is -2.49. The van der Waals surface area contributed by atoms with E-state index in [9.17, 15) is 9.59 Å². The second-order valence-corrected chi connectivity index (χ2v) is 7.10. The Morgan fingerprint density at radius 1 is 1.23 bits per heavy atom.